The topological polar surface area (TPSA) is 98.7 Å². The third kappa shape index (κ3) is 7.48. The highest BCUT2D eigenvalue weighted by Gasteiger charge is 2.46. The molecule has 0 aliphatic heterocycles. The van der Waals surface area contributed by atoms with Crippen LogP contribution in [0.2, 0.25) is 0 Å². The van der Waals surface area contributed by atoms with Gasteiger partial charge < -0.3 is 20.8 Å². The van der Waals surface area contributed by atoms with Gasteiger partial charge in [0.1, 0.15) is 11.2 Å². The van der Waals surface area contributed by atoms with Gasteiger partial charge in [0.15, 0.2) is 0 Å². The lowest BCUT2D eigenvalue weighted by atomic mass is 9.75. The Morgan fingerprint density at radius 3 is 0.950 bits per heavy atom. The van der Waals surface area contributed by atoms with Crippen LogP contribution in [0.4, 0.5) is 0 Å². The van der Waals surface area contributed by atoms with Crippen LogP contribution >= 0.6 is 0 Å². The molecule has 8 rings (SSSR count). The Labute approximate surface area is 351 Å². The first-order valence-electron chi connectivity index (χ1n) is 20.3. The molecule has 4 N–H and O–H groups in total. The van der Waals surface area contributed by atoms with Crippen molar-refractivity contribution >= 4 is 33.4 Å². The van der Waals surface area contributed by atoms with Crippen molar-refractivity contribution in [3.05, 3.63) is 238 Å². The summed E-state index contributed by atoms with van der Waals surface area (Å²) in [5.74, 6) is -1.96. The highest BCUT2D eigenvalue weighted by molar-refractivity contribution is 6.35. The smallest absolute Gasteiger partial charge is 0.309 e. The van der Waals surface area contributed by atoms with Crippen LogP contribution in [-0.2, 0) is 20.8 Å². The first-order chi connectivity index (χ1) is 29.0. The summed E-state index contributed by atoms with van der Waals surface area (Å²) in [6.45, 7) is 7.90. The largest absolute Gasteiger partial charge is 0.378 e. The Morgan fingerprint density at radius 2 is 0.650 bits per heavy atom. The molecule has 8 aromatic rings. The van der Waals surface area contributed by atoms with Gasteiger partial charge in [0.2, 0.25) is 0 Å². The third-order valence-corrected chi connectivity index (χ3v) is 11.8. The molecule has 0 aromatic heterocycles. The summed E-state index contributed by atoms with van der Waals surface area (Å²) >= 11 is 0. The van der Waals surface area contributed by atoms with Gasteiger partial charge in [0.25, 0.3) is 0 Å². The second-order valence-corrected chi connectivity index (χ2v) is 15.9. The summed E-state index contributed by atoms with van der Waals surface area (Å²) in [6, 6.07) is 55.1. The van der Waals surface area contributed by atoms with Crippen molar-refractivity contribution in [1.82, 2.24) is 10.6 Å². The van der Waals surface area contributed by atoms with Gasteiger partial charge in [-0.1, -0.05) is 204 Å². The SMILES string of the molecule is Cc1ccc(C(O)(c2ccc(C)cc2)[C@H](NC(=O)C(=O)N[C@H](c2cccc3ccccc23)C(O)(c2ccc(C)cc2)c2ccc(C)cc2)c2cccc3ccccc23)cc1. The molecule has 0 heterocycles. The molecule has 0 aliphatic rings. The molecule has 0 radical (unpaired) electrons. The molecule has 6 heteroatoms. The highest BCUT2D eigenvalue weighted by atomic mass is 16.3. The van der Waals surface area contributed by atoms with E-state index in [1.807, 2.05) is 210 Å². The number of fused-ring (bicyclic) bond motifs is 2. The number of benzene rings is 8. The van der Waals surface area contributed by atoms with Crippen molar-refractivity contribution in [2.75, 3.05) is 0 Å². The molecule has 6 nitrogen and oxygen atoms in total. The Morgan fingerprint density at radius 1 is 0.383 bits per heavy atom. The van der Waals surface area contributed by atoms with Crippen molar-refractivity contribution in [2.45, 2.75) is 51.0 Å². The van der Waals surface area contributed by atoms with Crippen molar-refractivity contribution in [3.8, 4) is 0 Å². The second kappa shape index (κ2) is 16.4. The zero-order chi connectivity index (χ0) is 42.0. The number of aliphatic hydroxyl groups is 2. The van der Waals surface area contributed by atoms with Crippen molar-refractivity contribution in [1.29, 1.82) is 0 Å². The van der Waals surface area contributed by atoms with Gasteiger partial charge in [0, 0.05) is 0 Å². The first-order valence-corrected chi connectivity index (χ1v) is 20.3. The van der Waals surface area contributed by atoms with Gasteiger partial charge in [-0.15, -0.1) is 0 Å². The summed E-state index contributed by atoms with van der Waals surface area (Å²) in [5.41, 5.74) is 3.73. The molecule has 60 heavy (non-hydrogen) atoms. The van der Waals surface area contributed by atoms with Crippen LogP contribution in [0, 0.1) is 27.7 Å². The molecule has 8 aromatic carbocycles. The van der Waals surface area contributed by atoms with Gasteiger partial charge in [0.05, 0.1) is 12.1 Å². The predicted octanol–water partition coefficient (Wildman–Crippen LogP) is 10.1. The van der Waals surface area contributed by atoms with Gasteiger partial charge in [-0.3, -0.25) is 9.59 Å². The number of amides is 2. The van der Waals surface area contributed by atoms with E-state index in [1.54, 1.807) is 0 Å². The number of hydrogen-bond acceptors (Lipinski definition) is 4. The number of aryl methyl sites for hydroxylation is 4. The van der Waals surface area contributed by atoms with E-state index in [0.29, 0.717) is 33.4 Å². The lowest BCUT2D eigenvalue weighted by Gasteiger charge is -2.40. The lowest BCUT2D eigenvalue weighted by Crippen LogP contribution is -2.52. The number of rotatable bonds is 10. The summed E-state index contributed by atoms with van der Waals surface area (Å²) < 4.78 is 0. The highest BCUT2D eigenvalue weighted by Crippen LogP contribution is 2.45. The minimum absolute atomic E-state index is 0.539. The fourth-order valence-electron chi connectivity index (χ4n) is 8.44. The van der Waals surface area contributed by atoms with E-state index in [2.05, 4.69) is 10.6 Å². The van der Waals surface area contributed by atoms with Crippen LogP contribution in [0.3, 0.4) is 0 Å². The van der Waals surface area contributed by atoms with E-state index < -0.39 is 35.1 Å². The monoisotopic (exact) mass is 788 g/mol. The summed E-state index contributed by atoms with van der Waals surface area (Å²) in [4.78, 5) is 29.8. The Hall–Kier alpha value is -6.86. The molecular weight excluding hydrogens is 741 g/mol. The molecule has 0 unspecified atom stereocenters. The number of hydrogen-bond donors (Lipinski definition) is 4. The molecule has 2 amide bonds. The maximum Gasteiger partial charge on any atom is 0.309 e. The standard InChI is InChI=1S/C54H48N2O4/c1-35-19-27-41(28-20-35)53(59,42-29-21-36(2)22-30-42)49(47-17-9-13-39-11-5-7-15-45(39)47)55-51(57)52(58)56-50(48-18-10-14-40-12-6-8-16-46(40)48)54(60,43-31-23-37(3)24-32-43)44-33-25-38(4)26-34-44/h5-34,49-50,59-60H,1-4H3,(H,55,57)(H,56,58)/t49-,50-/m1/s1. The van der Waals surface area contributed by atoms with Crippen LogP contribution in [0.1, 0.15) is 67.7 Å². The van der Waals surface area contributed by atoms with E-state index >= 15 is 0 Å². The molecule has 298 valence electrons. The van der Waals surface area contributed by atoms with E-state index in [9.17, 15) is 19.8 Å². The maximum absolute atomic E-state index is 14.9. The lowest BCUT2D eigenvalue weighted by molar-refractivity contribution is -0.142. The van der Waals surface area contributed by atoms with Crippen molar-refractivity contribution < 1.29 is 19.8 Å². The molecule has 0 saturated heterocycles. The van der Waals surface area contributed by atoms with E-state index in [4.69, 9.17) is 0 Å². The molecular formula is C54H48N2O4. The fourth-order valence-corrected chi connectivity index (χ4v) is 8.44. The zero-order valence-corrected chi connectivity index (χ0v) is 34.2. The molecule has 0 saturated carbocycles. The molecule has 0 bridgehead atoms. The summed E-state index contributed by atoms with van der Waals surface area (Å²) in [7, 11) is 0. The van der Waals surface area contributed by atoms with Crippen molar-refractivity contribution in [2.24, 2.45) is 0 Å². The second-order valence-electron chi connectivity index (χ2n) is 15.9. The Kier molecular flexibility index (Phi) is 10.9. The Balaban J connectivity index is 1.29. The van der Waals surface area contributed by atoms with Crippen molar-refractivity contribution in [3.63, 3.8) is 0 Å². The summed E-state index contributed by atoms with van der Waals surface area (Å²) in [6.07, 6.45) is 0. The number of carbonyl (C=O) groups excluding carboxylic acids is 2. The van der Waals surface area contributed by atoms with E-state index in [-0.39, 0.29) is 0 Å². The fraction of sp³-hybridized carbons (Fsp3) is 0.148. The van der Waals surface area contributed by atoms with Crippen LogP contribution in [-0.4, -0.2) is 22.0 Å². The van der Waals surface area contributed by atoms with Crippen LogP contribution < -0.4 is 10.6 Å². The average Bonchev–Trinajstić information content (AvgIpc) is 3.27. The van der Waals surface area contributed by atoms with Gasteiger partial charge in [-0.05, 0) is 82.6 Å². The van der Waals surface area contributed by atoms with Crippen LogP contribution in [0.25, 0.3) is 21.5 Å². The number of carbonyl (C=O) groups is 2. The number of nitrogens with one attached hydrogen (secondary N) is 2. The quantitative estimate of drug-likeness (QED) is 0.104. The zero-order valence-electron chi connectivity index (χ0n) is 34.2. The van der Waals surface area contributed by atoms with Gasteiger partial charge in [-0.25, -0.2) is 0 Å². The van der Waals surface area contributed by atoms with Gasteiger partial charge >= 0.3 is 11.8 Å². The molecule has 2 atom stereocenters. The predicted molar refractivity (Wildman–Crippen MR) is 240 cm³/mol. The van der Waals surface area contributed by atoms with E-state index in [0.717, 1.165) is 43.8 Å². The molecule has 0 spiro atoms. The molecule has 0 fully saturated rings. The molecule has 0 aliphatic carbocycles. The van der Waals surface area contributed by atoms with E-state index in [1.165, 1.54) is 0 Å². The third-order valence-electron chi connectivity index (χ3n) is 11.8. The minimum atomic E-state index is -1.85. The van der Waals surface area contributed by atoms with Gasteiger partial charge in [-0.2, -0.15) is 0 Å². The minimum Gasteiger partial charge on any atom is -0.378 e. The van der Waals surface area contributed by atoms with Crippen LogP contribution in [0.5, 0.6) is 0 Å². The maximum atomic E-state index is 14.9. The Bertz CT molecular complexity index is 2510. The average molecular weight is 789 g/mol. The first kappa shape index (κ1) is 39.9. The normalized spacial score (nSPS) is 12.8. The van der Waals surface area contributed by atoms with Crippen LogP contribution in [0.15, 0.2) is 182 Å². The summed E-state index contributed by atoms with van der Waals surface area (Å²) in [5, 5.41) is 36.3.